The zero-order valence-corrected chi connectivity index (χ0v) is 19.3. The van der Waals surface area contributed by atoms with Crippen LogP contribution in [-0.2, 0) is 4.79 Å². The molecule has 0 unspecified atom stereocenters. The fraction of sp³-hybridized carbons (Fsp3) is 0.0370. The van der Waals surface area contributed by atoms with E-state index in [1.54, 1.807) is 17.4 Å². The summed E-state index contributed by atoms with van der Waals surface area (Å²) in [4.78, 5) is 17.0. The first-order chi connectivity index (χ1) is 16.0. The molecule has 0 bridgehead atoms. The number of anilines is 1. The third kappa shape index (κ3) is 4.75. The molecule has 2 aromatic heterocycles. The van der Waals surface area contributed by atoms with Crippen LogP contribution in [0.25, 0.3) is 38.2 Å². The van der Waals surface area contributed by atoms with Gasteiger partial charge in [-0.25, -0.2) is 4.98 Å². The van der Waals surface area contributed by atoms with Crippen LogP contribution in [0.15, 0.2) is 89.4 Å². The number of benzene rings is 3. The first-order valence-corrected chi connectivity index (χ1v) is 11.6. The second-order valence-corrected chi connectivity index (χ2v) is 8.99. The van der Waals surface area contributed by atoms with E-state index in [9.17, 15) is 4.79 Å². The van der Waals surface area contributed by atoms with Gasteiger partial charge in [0.25, 0.3) is 0 Å². The van der Waals surface area contributed by atoms with Crippen LogP contribution in [-0.4, -0.2) is 10.9 Å². The number of furan rings is 1. The molecule has 33 heavy (non-hydrogen) atoms. The van der Waals surface area contributed by atoms with Crippen LogP contribution in [0.5, 0.6) is 0 Å². The van der Waals surface area contributed by atoms with Gasteiger partial charge in [0.05, 0.1) is 10.2 Å². The first-order valence-electron chi connectivity index (χ1n) is 10.4. The van der Waals surface area contributed by atoms with E-state index in [0.29, 0.717) is 22.2 Å². The van der Waals surface area contributed by atoms with Crippen molar-refractivity contribution in [3.63, 3.8) is 0 Å². The van der Waals surface area contributed by atoms with Crippen molar-refractivity contribution in [1.29, 1.82) is 0 Å². The lowest BCUT2D eigenvalue weighted by molar-refractivity contribution is -0.111. The summed E-state index contributed by atoms with van der Waals surface area (Å²) < 4.78 is 6.98. The van der Waals surface area contributed by atoms with E-state index in [4.69, 9.17) is 16.0 Å². The molecule has 0 saturated heterocycles. The van der Waals surface area contributed by atoms with E-state index >= 15 is 0 Å². The standard InChI is InChI=1S/C27H19ClN2O2S/c1-17-6-7-19(16-22(17)28)24-14-12-21(32-24)13-15-26(31)29-20-10-8-18(9-11-20)27-30-23-4-2-3-5-25(23)33-27/h2-16H,1H3,(H,29,31)/b15-13+. The number of nitrogens with one attached hydrogen (secondary N) is 1. The summed E-state index contributed by atoms with van der Waals surface area (Å²) in [5.41, 5.74) is 4.62. The summed E-state index contributed by atoms with van der Waals surface area (Å²) >= 11 is 7.85. The van der Waals surface area contributed by atoms with Crippen LogP contribution in [0.3, 0.4) is 0 Å². The van der Waals surface area contributed by atoms with Gasteiger partial charge in [0.2, 0.25) is 5.91 Å². The molecule has 0 aliphatic carbocycles. The molecule has 1 N–H and O–H groups in total. The highest BCUT2D eigenvalue weighted by Gasteiger charge is 2.08. The highest BCUT2D eigenvalue weighted by atomic mass is 35.5. The van der Waals surface area contributed by atoms with Crippen LogP contribution in [0, 0.1) is 6.92 Å². The predicted octanol–water partition coefficient (Wildman–Crippen LogP) is 7.84. The lowest BCUT2D eigenvalue weighted by Crippen LogP contribution is -2.07. The molecular weight excluding hydrogens is 452 g/mol. The Morgan fingerprint density at radius 3 is 2.58 bits per heavy atom. The maximum Gasteiger partial charge on any atom is 0.248 e. The minimum absolute atomic E-state index is 0.237. The number of rotatable bonds is 5. The second kappa shape index (κ2) is 9.06. The number of halogens is 1. The van der Waals surface area contributed by atoms with Gasteiger partial charge in [0.15, 0.2) is 0 Å². The second-order valence-electron chi connectivity index (χ2n) is 7.55. The SMILES string of the molecule is Cc1ccc(-c2ccc(/C=C/C(=O)Nc3ccc(-c4nc5ccccc5s4)cc3)o2)cc1Cl. The van der Waals surface area contributed by atoms with E-state index in [1.807, 2.05) is 79.7 Å². The molecule has 0 aliphatic rings. The van der Waals surface area contributed by atoms with Crippen molar-refractivity contribution >= 4 is 50.8 Å². The van der Waals surface area contributed by atoms with E-state index in [2.05, 4.69) is 16.4 Å². The van der Waals surface area contributed by atoms with E-state index in [-0.39, 0.29) is 5.91 Å². The topological polar surface area (TPSA) is 55.1 Å². The van der Waals surface area contributed by atoms with Gasteiger partial charge in [0, 0.05) is 27.9 Å². The maximum atomic E-state index is 12.3. The fourth-order valence-corrected chi connectivity index (χ4v) is 4.53. The lowest BCUT2D eigenvalue weighted by atomic mass is 10.1. The number of amides is 1. The van der Waals surface area contributed by atoms with Gasteiger partial charge >= 0.3 is 0 Å². The molecule has 3 aromatic carbocycles. The Hall–Kier alpha value is -3.67. The minimum Gasteiger partial charge on any atom is -0.457 e. The van der Waals surface area contributed by atoms with Gasteiger partial charge in [-0.05, 0) is 73.2 Å². The molecule has 1 amide bonds. The molecule has 0 spiro atoms. The number of fused-ring (bicyclic) bond motifs is 1. The number of aryl methyl sites for hydroxylation is 1. The zero-order chi connectivity index (χ0) is 22.8. The first kappa shape index (κ1) is 21.2. The molecular formula is C27H19ClN2O2S. The molecule has 2 heterocycles. The van der Waals surface area contributed by atoms with Gasteiger partial charge < -0.3 is 9.73 Å². The van der Waals surface area contributed by atoms with Crippen molar-refractivity contribution in [3.8, 4) is 21.9 Å². The number of hydrogen-bond donors (Lipinski definition) is 1. The van der Waals surface area contributed by atoms with Crippen LogP contribution in [0.4, 0.5) is 5.69 Å². The number of hydrogen-bond acceptors (Lipinski definition) is 4. The molecule has 5 rings (SSSR count). The van der Waals surface area contributed by atoms with Crippen LogP contribution in [0.1, 0.15) is 11.3 Å². The number of aromatic nitrogens is 1. The molecule has 4 nitrogen and oxygen atoms in total. The van der Waals surface area contributed by atoms with E-state index in [1.165, 1.54) is 6.08 Å². The van der Waals surface area contributed by atoms with Crippen molar-refractivity contribution in [2.24, 2.45) is 0 Å². The molecule has 162 valence electrons. The molecule has 0 fully saturated rings. The predicted molar refractivity (Wildman–Crippen MR) is 137 cm³/mol. The van der Waals surface area contributed by atoms with Gasteiger partial charge in [-0.1, -0.05) is 35.9 Å². The highest BCUT2D eigenvalue weighted by molar-refractivity contribution is 7.21. The normalized spacial score (nSPS) is 11.3. The summed E-state index contributed by atoms with van der Waals surface area (Å²) in [7, 11) is 0. The Labute approximate surface area is 200 Å². The molecule has 0 atom stereocenters. The Bertz CT molecular complexity index is 1450. The molecule has 0 radical (unpaired) electrons. The van der Waals surface area contributed by atoms with Crippen molar-refractivity contribution < 1.29 is 9.21 Å². The van der Waals surface area contributed by atoms with Crippen molar-refractivity contribution in [3.05, 3.63) is 101 Å². The van der Waals surface area contributed by atoms with E-state index in [0.717, 1.165) is 31.9 Å². The average Bonchev–Trinajstić information content (AvgIpc) is 3.47. The summed E-state index contributed by atoms with van der Waals surface area (Å²) in [6.07, 6.45) is 3.09. The average molecular weight is 471 g/mol. The summed E-state index contributed by atoms with van der Waals surface area (Å²) in [5.74, 6) is 1.05. The summed E-state index contributed by atoms with van der Waals surface area (Å²) in [6, 6.07) is 25.2. The van der Waals surface area contributed by atoms with Gasteiger partial charge in [-0.15, -0.1) is 11.3 Å². The van der Waals surface area contributed by atoms with Crippen LogP contribution in [0.2, 0.25) is 5.02 Å². The monoisotopic (exact) mass is 470 g/mol. The molecule has 6 heteroatoms. The molecule has 0 saturated carbocycles. The van der Waals surface area contributed by atoms with E-state index < -0.39 is 0 Å². The Morgan fingerprint density at radius 1 is 1.00 bits per heavy atom. The number of carbonyl (C=O) groups is 1. The number of carbonyl (C=O) groups excluding carboxylic acids is 1. The summed E-state index contributed by atoms with van der Waals surface area (Å²) in [5, 5.41) is 4.51. The van der Waals surface area contributed by atoms with Crippen LogP contribution < -0.4 is 5.32 Å². The summed E-state index contributed by atoms with van der Waals surface area (Å²) in [6.45, 7) is 1.95. The number of para-hydroxylation sites is 1. The fourth-order valence-electron chi connectivity index (χ4n) is 3.38. The number of nitrogens with zero attached hydrogens (tertiary/aromatic N) is 1. The molecule has 5 aromatic rings. The van der Waals surface area contributed by atoms with Gasteiger partial charge in [0.1, 0.15) is 16.5 Å². The molecule has 0 aliphatic heterocycles. The van der Waals surface area contributed by atoms with Crippen molar-refractivity contribution in [2.75, 3.05) is 5.32 Å². The Balaban J connectivity index is 1.23. The highest BCUT2D eigenvalue weighted by Crippen LogP contribution is 2.31. The zero-order valence-electron chi connectivity index (χ0n) is 17.7. The minimum atomic E-state index is -0.237. The smallest absolute Gasteiger partial charge is 0.248 e. The van der Waals surface area contributed by atoms with Crippen molar-refractivity contribution in [1.82, 2.24) is 4.98 Å². The van der Waals surface area contributed by atoms with Gasteiger partial charge in [-0.3, -0.25) is 4.79 Å². The Kier molecular flexibility index (Phi) is 5.82. The van der Waals surface area contributed by atoms with Crippen LogP contribution >= 0.6 is 22.9 Å². The third-order valence-corrected chi connectivity index (χ3v) is 6.67. The maximum absolute atomic E-state index is 12.3. The van der Waals surface area contributed by atoms with Crippen molar-refractivity contribution in [2.45, 2.75) is 6.92 Å². The number of thiazole rings is 1. The third-order valence-electron chi connectivity index (χ3n) is 5.18. The largest absolute Gasteiger partial charge is 0.457 e. The van der Waals surface area contributed by atoms with Gasteiger partial charge in [-0.2, -0.15) is 0 Å². The quantitative estimate of drug-likeness (QED) is 0.266. The Morgan fingerprint density at radius 2 is 1.79 bits per heavy atom. The lowest BCUT2D eigenvalue weighted by Gasteiger charge is -2.03.